The van der Waals surface area contributed by atoms with E-state index in [-0.39, 0.29) is 11.2 Å². The standard InChI is InChI=1S/C21H33N5O2S/c1-6-22-20(23-17-21(2,3)12-13-29(5,27)28)25(4)15-18-14-24-26(16-18)19-10-8-7-9-11-19/h7-11,14,16H,6,12-13,15,17H2,1-5H3,(H,22,23). The van der Waals surface area contributed by atoms with Crippen molar-refractivity contribution in [2.24, 2.45) is 10.4 Å². The summed E-state index contributed by atoms with van der Waals surface area (Å²) in [5.41, 5.74) is 1.91. The van der Waals surface area contributed by atoms with Crippen LogP contribution in [0.4, 0.5) is 0 Å². The van der Waals surface area contributed by atoms with Crippen LogP contribution in [0.15, 0.2) is 47.7 Å². The van der Waals surface area contributed by atoms with Gasteiger partial charge in [-0.2, -0.15) is 5.10 Å². The molecule has 2 aromatic rings. The van der Waals surface area contributed by atoms with Crippen molar-refractivity contribution < 1.29 is 8.42 Å². The lowest BCUT2D eigenvalue weighted by Crippen LogP contribution is -2.39. The van der Waals surface area contributed by atoms with E-state index in [1.807, 2.05) is 61.4 Å². The largest absolute Gasteiger partial charge is 0.357 e. The number of nitrogens with one attached hydrogen (secondary N) is 1. The van der Waals surface area contributed by atoms with E-state index in [0.717, 1.165) is 23.8 Å². The first-order chi connectivity index (χ1) is 13.6. The molecule has 0 aliphatic heterocycles. The molecule has 7 nitrogen and oxygen atoms in total. The minimum Gasteiger partial charge on any atom is -0.357 e. The van der Waals surface area contributed by atoms with Crippen molar-refractivity contribution in [3.63, 3.8) is 0 Å². The topological polar surface area (TPSA) is 79.6 Å². The second-order valence-electron chi connectivity index (χ2n) is 8.20. The fraction of sp³-hybridized carbons (Fsp3) is 0.524. The molecule has 160 valence electrons. The molecule has 0 atom stereocenters. The van der Waals surface area contributed by atoms with Crippen molar-refractivity contribution in [1.82, 2.24) is 20.0 Å². The van der Waals surface area contributed by atoms with Gasteiger partial charge in [-0.3, -0.25) is 4.99 Å². The maximum atomic E-state index is 11.5. The Bertz CT molecular complexity index is 904. The van der Waals surface area contributed by atoms with Crippen molar-refractivity contribution >= 4 is 15.8 Å². The van der Waals surface area contributed by atoms with Crippen LogP contribution in [0, 0.1) is 5.41 Å². The van der Waals surface area contributed by atoms with Gasteiger partial charge in [0.25, 0.3) is 0 Å². The summed E-state index contributed by atoms with van der Waals surface area (Å²) in [4.78, 5) is 6.81. The van der Waals surface area contributed by atoms with Crippen LogP contribution in [0.5, 0.6) is 0 Å². The zero-order chi connectivity index (χ0) is 21.5. The van der Waals surface area contributed by atoms with E-state index >= 15 is 0 Å². The van der Waals surface area contributed by atoms with Crippen molar-refractivity contribution in [3.05, 3.63) is 48.3 Å². The highest BCUT2D eigenvalue weighted by molar-refractivity contribution is 7.90. The highest BCUT2D eigenvalue weighted by Crippen LogP contribution is 2.21. The number of nitrogens with zero attached hydrogens (tertiary/aromatic N) is 4. The minimum atomic E-state index is -2.97. The molecule has 8 heteroatoms. The molecule has 0 amide bonds. The lowest BCUT2D eigenvalue weighted by Gasteiger charge is -2.25. The van der Waals surface area contributed by atoms with Gasteiger partial charge >= 0.3 is 0 Å². The SMILES string of the molecule is CCNC(=NCC(C)(C)CCS(C)(=O)=O)N(C)Cc1cnn(-c2ccccc2)c1. The smallest absolute Gasteiger partial charge is 0.193 e. The Morgan fingerprint density at radius 1 is 1.28 bits per heavy atom. The molecule has 29 heavy (non-hydrogen) atoms. The number of guanidine groups is 1. The van der Waals surface area contributed by atoms with Crippen molar-refractivity contribution in [2.75, 3.05) is 32.1 Å². The Balaban J connectivity index is 2.04. The molecule has 0 fully saturated rings. The third kappa shape index (κ3) is 7.89. The van der Waals surface area contributed by atoms with E-state index in [2.05, 4.69) is 29.2 Å². The molecule has 1 aromatic carbocycles. The Morgan fingerprint density at radius 3 is 2.59 bits per heavy atom. The summed E-state index contributed by atoms with van der Waals surface area (Å²) in [6, 6.07) is 10.0. The van der Waals surface area contributed by atoms with Crippen LogP contribution in [-0.2, 0) is 16.4 Å². The molecule has 0 bridgehead atoms. The normalized spacial score (nSPS) is 12.8. The molecule has 0 saturated heterocycles. The number of sulfone groups is 1. The van der Waals surface area contributed by atoms with Crippen LogP contribution in [0.3, 0.4) is 0 Å². The van der Waals surface area contributed by atoms with Crippen LogP contribution < -0.4 is 5.32 Å². The van der Waals surface area contributed by atoms with Gasteiger partial charge in [-0.05, 0) is 30.9 Å². The monoisotopic (exact) mass is 419 g/mol. The average molecular weight is 420 g/mol. The molecule has 0 unspecified atom stereocenters. The zero-order valence-electron chi connectivity index (χ0n) is 18.1. The van der Waals surface area contributed by atoms with Gasteiger partial charge in [0.2, 0.25) is 0 Å². The Labute approximate surface area is 174 Å². The maximum Gasteiger partial charge on any atom is 0.193 e. The lowest BCUT2D eigenvalue weighted by molar-refractivity contribution is 0.361. The van der Waals surface area contributed by atoms with E-state index < -0.39 is 9.84 Å². The minimum absolute atomic E-state index is 0.181. The Hall–Kier alpha value is -2.35. The highest BCUT2D eigenvalue weighted by Gasteiger charge is 2.20. The van der Waals surface area contributed by atoms with Crippen LogP contribution >= 0.6 is 0 Å². The second kappa shape index (κ2) is 9.91. The van der Waals surface area contributed by atoms with Crippen LogP contribution in [0.1, 0.15) is 32.8 Å². The summed E-state index contributed by atoms with van der Waals surface area (Å²) in [6.07, 6.45) is 5.75. The van der Waals surface area contributed by atoms with E-state index in [0.29, 0.717) is 19.5 Å². The number of aliphatic imine (C=N–C) groups is 1. The summed E-state index contributed by atoms with van der Waals surface area (Å²) >= 11 is 0. The van der Waals surface area contributed by atoms with Gasteiger partial charge in [-0.1, -0.05) is 32.0 Å². The predicted molar refractivity (Wildman–Crippen MR) is 119 cm³/mol. The summed E-state index contributed by atoms with van der Waals surface area (Å²) in [6.45, 7) is 8.12. The first-order valence-corrected chi connectivity index (χ1v) is 11.9. The summed E-state index contributed by atoms with van der Waals surface area (Å²) < 4.78 is 24.8. The molecule has 0 radical (unpaired) electrons. The highest BCUT2D eigenvalue weighted by atomic mass is 32.2. The molecule has 0 saturated carbocycles. The number of hydrogen-bond donors (Lipinski definition) is 1. The maximum absolute atomic E-state index is 11.5. The van der Waals surface area contributed by atoms with Gasteiger partial charge in [0.05, 0.1) is 17.6 Å². The van der Waals surface area contributed by atoms with E-state index in [4.69, 9.17) is 4.99 Å². The van der Waals surface area contributed by atoms with Gasteiger partial charge in [-0.15, -0.1) is 0 Å². The van der Waals surface area contributed by atoms with Crippen LogP contribution in [-0.4, -0.2) is 61.2 Å². The molecule has 0 aliphatic carbocycles. The number of rotatable bonds is 9. The summed E-state index contributed by atoms with van der Waals surface area (Å²) in [7, 11) is -0.977. The second-order valence-corrected chi connectivity index (χ2v) is 10.5. The first-order valence-electron chi connectivity index (χ1n) is 9.86. The molecule has 1 N–H and O–H groups in total. The van der Waals surface area contributed by atoms with Gasteiger partial charge in [-0.25, -0.2) is 13.1 Å². The predicted octanol–water partition coefficient (Wildman–Crippen LogP) is 2.73. The van der Waals surface area contributed by atoms with Gasteiger partial charge in [0.1, 0.15) is 9.84 Å². The Morgan fingerprint density at radius 2 is 1.97 bits per heavy atom. The van der Waals surface area contributed by atoms with E-state index in [1.54, 1.807) is 0 Å². The van der Waals surface area contributed by atoms with E-state index in [1.165, 1.54) is 6.26 Å². The zero-order valence-corrected chi connectivity index (χ0v) is 18.9. The summed E-state index contributed by atoms with van der Waals surface area (Å²) in [5, 5.41) is 7.77. The quantitative estimate of drug-likeness (QED) is 0.499. The van der Waals surface area contributed by atoms with Gasteiger partial charge in [0, 0.05) is 44.7 Å². The third-order valence-corrected chi connectivity index (χ3v) is 5.53. The molecule has 2 rings (SSSR count). The fourth-order valence-corrected chi connectivity index (χ4v) is 3.74. The van der Waals surface area contributed by atoms with Gasteiger partial charge in [0.15, 0.2) is 5.96 Å². The molecule has 1 aromatic heterocycles. The van der Waals surface area contributed by atoms with Crippen LogP contribution in [0.25, 0.3) is 5.69 Å². The molecular weight excluding hydrogens is 386 g/mol. The lowest BCUT2D eigenvalue weighted by atomic mass is 9.90. The van der Waals surface area contributed by atoms with E-state index in [9.17, 15) is 8.42 Å². The number of hydrogen-bond acceptors (Lipinski definition) is 4. The van der Waals surface area contributed by atoms with Crippen LogP contribution in [0.2, 0.25) is 0 Å². The fourth-order valence-electron chi connectivity index (χ4n) is 2.81. The van der Waals surface area contributed by atoms with Crippen molar-refractivity contribution in [3.8, 4) is 5.69 Å². The summed E-state index contributed by atoms with van der Waals surface area (Å²) in [5.74, 6) is 0.980. The van der Waals surface area contributed by atoms with Crippen molar-refractivity contribution in [1.29, 1.82) is 0 Å². The third-order valence-electron chi connectivity index (χ3n) is 4.58. The number of para-hydroxylation sites is 1. The first kappa shape index (κ1) is 22.9. The molecular formula is C21H33N5O2S. The molecule has 0 spiro atoms. The number of aromatic nitrogens is 2. The van der Waals surface area contributed by atoms with Crippen molar-refractivity contribution in [2.45, 2.75) is 33.7 Å². The Kier molecular flexibility index (Phi) is 7.84. The average Bonchev–Trinajstić information content (AvgIpc) is 3.12. The number of benzene rings is 1. The molecule has 0 aliphatic rings. The van der Waals surface area contributed by atoms with Gasteiger partial charge < -0.3 is 10.2 Å². The molecule has 1 heterocycles.